The molecule has 3 heterocycles. The van der Waals surface area contributed by atoms with Crippen LogP contribution in [-0.2, 0) is 15.2 Å². The van der Waals surface area contributed by atoms with Crippen molar-refractivity contribution < 1.29 is 19.0 Å². The number of aromatic amines is 1. The van der Waals surface area contributed by atoms with E-state index in [0.717, 1.165) is 37.3 Å². The molecule has 8 heteroatoms. The minimum absolute atomic E-state index is 0.0561. The van der Waals surface area contributed by atoms with E-state index >= 15 is 0 Å². The molecule has 1 saturated heterocycles. The molecule has 2 aromatic heterocycles. The molecule has 0 saturated carbocycles. The summed E-state index contributed by atoms with van der Waals surface area (Å²) in [4.78, 5) is 25.2. The first-order chi connectivity index (χ1) is 14.1. The van der Waals surface area contributed by atoms with Gasteiger partial charge < -0.3 is 19.7 Å². The molecule has 1 aliphatic heterocycles. The topological polar surface area (TPSA) is 91.3 Å². The minimum atomic E-state index is -1.69. The zero-order valence-corrected chi connectivity index (χ0v) is 17.7. The molecule has 1 fully saturated rings. The fourth-order valence-corrected chi connectivity index (χ4v) is 3.18. The Labute approximate surface area is 176 Å². The van der Waals surface area contributed by atoms with Gasteiger partial charge in [0, 0.05) is 31.0 Å². The van der Waals surface area contributed by atoms with Gasteiger partial charge in [0.25, 0.3) is 0 Å². The Morgan fingerprint density at radius 1 is 1.40 bits per heavy atom. The SMILES string of the molecule is C=CC(C)(F)c1c[nH]c(-c2ccc(N3CCC(OCC(C)(C)C(=O)O)CC3)nc2)n1. The Morgan fingerprint density at radius 3 is 2.67 bits per heavy atom. The van der Waals surface area contributed by atoms with Crippen LogP contribution in [0.25, 0.3) is 11.4 Å². The van der Waals surface area contributed by atoms with Crippen molar-refractivity contribution in [3.8, 4) is 11.4 Å². The quantitative estimate of drug-likeness (QED) is 0.634. The molecule has 0 radical (unpaired) electrons. The van der Waals surface area contributed by atoms with Gasteiger partial charge in [-0.25, -0.2) is 14.4 Å². The monoisotopic (exact) mass is 416 g/mol. The number of hydrogen-bond donors (Lipinski definition) is 2. The van der Waals surface area contributed by atoms with Crippen molar-refractivity contribution in [3.05, 3.63) is 42.9 Å². The molecule has 1 atom stereocenters. The first-order valence-electron chi connectivity index (χ1n) is 10.1. The molecule has 30 heavy (non-hydrogen) atoms. The van der Waals surface area contributed by atoms with Crippen LogP contribution in [0.2, 0.25) is 0 Å². The number of imidazole rings is 1. The Bertz CT molecular complexity index is 884. The standard InChI is InChI=1S/C22H29FN4O3/c1-5-22(4,23)17-13-25-19(26-17)15-6-7-18(24-12-15)27-10-8-16(9-11-27)30-14-21(2,3)20(28)29/h5-7,12-13,16H,1,8-11,14H2,2-4H3,(H,25,26)(H,28,29). The summed E-state index contributed by atoms with van der Waals surface area (Å²) in [6.07, 6.45) is 6.18. The van der Waals surface area contributed by atoms with E-state index in [0.29, 0.717) is 5.82 Å². The number of piperidine rings is 1. The van der Waals surface area contributed by atoms with Crippen LogP contribution in [0.3, 0.4) is 0 Å². The number of nitrogens with zero attached hydrogens (tertiary/aromatic N) is 3. The number of pyridine rings is 1. The highest BCUT2D eigenvalue weighted by Gasteiger charge is 2.30. The molecule has 1 unspecified atom stereocenters. The lowest BCUT2D eigenvalue weighted by atomic mass is 9.95. The fraction of sp³-hybridized carbons (Fsp3) is 0.500. The van der Waals surface area contributed by atoms with Crippen LogP contribution >= 0.6 is 0 Å². The maximum Gasteiger partial charge on any atom is 0.311 e. The van der Waals surface area contributed by atoms with E-state index in [9.17, 15) is 14.3 Å². The molecule has 0 bridgehead atoms. The third-order valence-electron chi connectivity index (χ3n) is 5.51. The van der Waals surface area contributed by atoms with E-state index in [1.165, 1.54) is 13.0 Å². The maximum atomic E-state index is 14.3. The first kappa shape index (κ1) is 22.0. The third kappa shape index (κ3) is 4.87. The lowest BCUT2D eigenvalue weighted by molar-refractivity contribution is -0.152. The molecule has 0 spiro atoms. The number of nitrogens with one attached hydrogen (secondary N) is 1. The summed E-state index contributed by atoms with van der Waals surface area (Å²) in [6, 6.07) is 3.83. The summed E-state index contributed by atoms with van der Waals surface area (Å²) in [5.74, 6) is 0.563. The Balaban J connectivity index is 1.56. The molecule has 3 rings (SSSR count). The van der Waals surface area contributed by atoms with Crippen molar-refractivity contribution in [2.45, 2.75) is 45.4 Å². The second-order valence-electron chi connectivity index (χ2n) is 8.51. The molecule has 0 amide bonds. The van der Waals surface area contributed by atoms with E-state index in [1.54, 1.807) is 26.2 Å². The van der Waals surface area contributed by atoms with Crippen LogP contribution in [0.4, 0.5) is 10.2 Å². The highest BCUT2D eigenvalue weighted by molar-refractivity contribution is 5.73. The highest BCUT2D eigenvalue weighted by Crippen LogP contribution is 2.28. The van der Waals surface area contributed by atoms with Gasteiger partial charge in [0.15, 0.2) is 5.67 Å². The third-order valence-corrected chi connectivity index (χ3v) is 5.51. The van der Waals surface area contributed by atoms with Crippen LogP contribution in [0, 0.1) is 5.41 Å². The van der Waals surface area contributed by atoms with Gasteiger partial charge in [-0.15, -0.1) is 0 Å². The summed E-state index contributed by atoms with van der Waals surface area (Å²) >= 11 is 0. The number of carboxylic acids is 1. The Morgan fingerprint density at radius 2 is 2.10 bits per heavy atom. The summed E-state index contributed by atoms with van der Waals surface area (Å²) < 4.78 is 20.1. The normalized spacial score (nSPS) is 17.5. The second kappa shape index (κ2) is 8.55. The number of allylic oxidation sites excluding steroid dienone is 1. The van der Waals surface area contributed by atoms with Crippen molar-refractivity contribution in [1.29, 1.82) is 0 Å². The van der Waals surface area contributed by atoms with Gasteiger partial charge in [-0.3, -0.25) is 4.79 Å². The number of hydrogen-bond acceptors (Lipinski definition) is 5. The maximum absolute atomic E-state index is 14.3. The van der Waals surface area contributed by atoms with Crippen LogP contribution < -0.4 is 4.90 Å². The van der Waals surface area contributed by atoms with E-state index in [1.807, 2.05) is 12.1 Å². The van der Waals surface area contributed by atoms with Crippen LogP contribution in [0.15, 0.2) is 37.2 Å². The van der Waals surface area contributed by atoms with Crippen molar-refractivity contribution >= 4 is 11.8 Å². The Kier molecular flexibility index (Phi) is 6.26. The molecule has 0 aliphatic carbocycles. The summed E-state index contributed by atoms with van der Waals surface area (Å²) in [5, 5.41) is 9.19. The summed E-state index contributed by atoms with van der Waals surface area (Å²) in [7, 11) is 0. The molecular formula is C22H29FN4O3. The van der Waals surface area contributed by atoms with Crippen molar-refractivity contribution in [2.75, 3.05) is 24.6 Å². The smallest absolute Gasteiger partial charge is 0.311 e. The molecule has 1 aliphatic rings. The van der Waals surface area contributed by atoms with Gasteiger partial charge >= 0.3 is 5.97 Å². The summed E-state index contributed by atoms with van der Waals surface area (Å²) in [6.45, 7) is 10.0. The molecule has 2 aromatic rings. The van der Waals surface area contributed by atoms with Gasteiger partial charge in [-0.05, 0) is 51.8 Å². The molecule has 162 valence electrons. The average molecular weight is 416 g/mol. The van der Waals surface area contributed by atoms with Crippen LogP contribution in [-0.4, -0.2) is 51.8 Å². The van der Waals surface area contributed by atoms with Gasteiger partial charge in [0.2, 0.25) is 0 Å². The number of ether oxygens (including phenoxy) is 1. The van der Waals surface area contributed by atoms with Gasteiger partial charge in [0.05, 0.1) is 23.8 Å². The number of aliphatic carboxylic acids is 1. The van der Waals surface area contributed by atoms with Crippen molar-refractivity contribution in [3.63, 3.8) is 0 Å². The lowest BCUT2D eigenvalue weighted by Gasteiger charge is -2.34. The highest BCUT2D eigenvalue weighted by atomic mass is 19.1. The molecule has 2 N–H and O–H groups in total. The van der Waals surface area contributed by atoms with Crippen LogP contribution in [0.5, 0.6) is 0 Å². The van der Waals surface area contributed by atoms with E-state index < -0.39 is 17.1 Å². The number of carbonyl (C=O) groups is 1. The van der Waals surface area contributed by atoms with Gasteiger partial charge in [-0.2, -0.15) is 0 Å². The van der Waals surface area contributed by atoms with E-state index in [-0.39, 0.29) is 18.4 Å². The van der Waals surface area contributed by atoms with Gasteiger partial charge in [0.1, 0.15) is 11.6 Å². The van der Waals surface area contributed by atoms with Gasteiger partial charge in [-0.1, -0.05) is 6.58 Å². The largest absolute Gasteiger partial charge is 0.481 e. The number of carboxylic acid groups (broad SMARTS) is 1. The molecule has 0 aromatic carbocycles. The molecule has 7 nitrogen and oxygen atoms in total. The predicted octanol–water partition coefficient (Wildman–Crippen LogP) is 3.94. The molecular weight excluding hydrogens is 387 g/mol. The number of halogens is 1. The fourth-order valence-electron chi connectivity index (χ4n) is 3.18. The number of rotatable bonds is 8. The van der Waals surface area contributed by atoms with Crippen molar-refractivity contribution in [1.82, 2.24) is 15.0 Å². The number of H-pyrrole nitrogens is 1. The number of alkyl halides is 1. The minimum Gasteiger partial charge on any atom is -0.481 e. The average Bonchev–Trinajstić information content (AvgIpc) is 3.24. The first-order valence-corrected chi connectivity index (χ1v) is 10.1. The summed E-state index contributed by atoms with van der Waals surface area (Å²) in [5.41, 5.74) is -1.51. The number of anilines is 1. The second-order valence-corrected chi connectivity index (χ2v) is 8.51. The Hall–Kier alpha value is -2.74. The van der Waals surface area contributed by atoms with Crippen molar-refractivity contribution in [2.24, 2.45) is 5.41 Å². The number of aromatic nitrogens is 3. The van der Waals surface area contributed by atoms with E-state index in [4.69, 9.17) is 4.74 Å². The lowest BCUT2D eigenvalue weighted by Crippen LogP contribution is -2.39. The van der Waals surface area contributed by atoms with E-state index in [2.05, 4.69) is 26.4 Å². The van der Waals surface area contributed by atoms with Crippen LogP contribution in [0.1, 0.15) is 39.3 Å². The zero-order valence-electron chi connectivity index (χ0n) is 17.7. The predicted molar refractivity (Wildman–Crippen MR) is 113 cm³/mol. The zero-order chi connectivity index (χ0) is 21.9.